The Labute approximate surface area is 180 Å². The van der Waals surface area contributed by atoms with Gasteiger partial charge in [0.25, 0.3) is 0 Å². The predicted octanol–water partition coefficient (Wildman–Crippen LogP) is 6.42. The first kappa shape index (κ1) is 19.8. The summed E-state index contributed by atoms with van der Waals surface area (Å²) in [5.41, 5.74) is 2.81. The van der Waals surface area contributed by atoms with Crippen LogP contribution in [0.5, 0.6) is 0 Å². The normalized spacial score (nSPS) is 24.3. The van der Waals surface area contributed by atoms with Crippen LogP contribution < -0.4 is 0 Å². The van der Waals surface area contributed by atoms with Crippen LogP contribution in [-0.2, 0) is 4.79 Å². The number of rotatable bonds is 4. The Hall–Kier alpha value is -2.52. The van der Waals surface area contributed by atoms with Crippen molar-refractivity contribution in [1.29, 1.82) is 0 Å². The Morgan fingerprint density at radius 1 is 0.828 bits per heavy atom. The quantitative estimate of drug-likeness (QED) is 0.433. The highest BCUT2D eigenvalue weighted by Crippen LogP contribution is 2.49. The van der Waals surface area contributed by atoms with E-state index in [1.54, 1.807) is 0 Å². The molecule has 3 aromatic carbocycles. The number of ketones is 2. The number of carbonyl (C=O) groups excluding carboxylic acids is 2. The molecule has 0 saturated heterocycles. The van der Waals surface area contributed by atoms with E-state index < -0.39 is 0 Å². The van der Waals surface area contributed by atoms with Crippen molar-refractivity contribution in [1.82, 2.24) is 0 Å². The Kier molecular flexibility index (Phi) is 5.77. The second-order valence-electron chi connectivity index (χ2n) is 7.81. The average molecular weight is 447 g/mol. The maximum atomic E-state index is 13.8. The maximum absolute atomic E-state index is 13.8. The zero-order valence-corrected chi connectivity index (χ0v) is 17.9. The molecule has 3 heteroatoms. The number of hydrogen-bond donors (Lipinski definition) is 0. The van der Waals surface area contributed by atoms with Gasteiger partial charge in [-0.2, -0.15) is 0 Å². The van der Waals surface area contributed by atoms with Gasteiger partial charge in [-0.05, 0) is 23.3 Å². The van der Waals surface area contributed by atoms with E-state index >= 15 is 0 Å². The van der Waals surface area contributed by atoms with Gasteiger partial charge >= 0.3 is 0 Å². The molecule has 0 unspecified atom stereocenters. The van der Waals surface area contributed by atoms with Crippen LogP contribution >= 0.6 is 15.9 Å². The first-order valence-electron chi connectivity index (χ1n) is 9.98. The van der Waals surface area contributed by atoms with E-state index in [-0.39, 0.29) is 35.2 Å². The molecular formula is C26H23BrO2. The van der Waals surface area contributed by atoms with Crippen molar-refractivity contribution in [2.24, 2.45) is 11.8 Å². The van der Waals surface area contributed by atoms with Gasteiger partial charge in [0.15, 0.2) is 5.78 Å². The average Bonchev–Trinajstić information content (AvgIpc) is 2.77. The summed E-state index contributed by atoms with van der Waals surface area (Å²) in [6, 6.07) is 27.5. The third-order valence-electron chi connectivity index (χ3n) is 6.13. The molecule has 2 nitrogen and oxygen atoms in total. The van der Waals surface area contributed by atoms with Gasteiger partial charge < -0.3 is 0 Å². The van der Waals surface area contributed by atoms with Crippen molar-refractivity contribution >= 4 is 27.5 Å². The smallest absolute Gasteiger partial charge is 0.167 e. The van der Waals surface area contributed by atoms with Crippen molar-refractivity contribution in [3.05, 3.63) is 106 Å². The van der Waals surface area contributed by atoms with Crippen LogP contribution in [-0.4, -0.2) is 11.6 Å². The Morgan fingerprint density at radius 3 is 2.03 bits per heavy atom. The summed E-state index contributed by atoms with van der Waals surface area (Å²) in [7, 11) is 0. The SMILES string of the molecule is C[C@H]1C(=O)C[C@@H](c2ccccc2)[C@@H](C(=O)c2ccccc2)[C@@H]1c1ccc(Br)cc1. The minimum absolute atomic E-state index is 0.117. The molecule has 0 aliphatic heterocycles. The second-order valence-corrected chi connectivity index (χ2v) is 8.73. The highest BCUT2D eigenvalue weighted by molar-refractivity contribution is 9.10. The topological polar surface area (TPSA) is 34.1 Å². The summed E-state index contributed by atoms with van der Waals surface area (Å²) in [6.45, 7) is 1.97. The molecule has 0 amide bonds. The summed E-state index contributed by atoms with van der Waals surface area (Å²) in [5, 5.41) is 0. The van der Waals surface area contributed by atoms with Crippen LogP contribution in [0.2, 0.25) is 0 Å². The second kappa shape index (κ2) is 8.46. The van der Waals surface area contributed by atoms with Crippen LogP contribution in [0, 0.1) is 11.8 Å². The maximum Gasteiger partial charge on any atom is 0.167 e. The minimum Gasteiger partial charge on any atom is -0.299 e. The fraction of sp³-hybridized carbons (Fsp3) is 0.231. The molecule has 0 radical (unpaired) electrons. The lowest BCUT2D eigenvalue weighted by Gasteiger charge is -2.41. The van der Waals surface area contributed by atoms with Crippen LogP contribution in [0.25, 0.3) is 0 Å². The Bertz CT molecular complexity index is 996. The van der Waals surface area contributed by atoms with Gasteiger partial charge in [0.2, 0.25) is 0 Å². The standard InChI is InChI=1S/C26H23BrO2/c1-17-23(28)16-22(18-8-4-2-5-9-18)25(26(29)20-10-6-3-7-11-20)24(17)19-12-14-21(27)15-13-19/h2-15,17,22,24-25H,16H2,1H3/t17-,22-,24-,25+/m0/s1. The number of hydrogen-bond acceptors (Lipinski definition) is 2. The van der Waals surface area contributed by atoms with Gasteiger partial charge in [0.1, 0.15) is 5.78 Å². The largest absolute Gasteiger partial charge is 0.299 e. The van der Waals surface area contributed by atoms with Gasteiger partial charge in [0.05, 0.1) is 0 Å². The van der Waals surface area contributed by atoms with Crippen LogP contribution in [0.3, 0.4) is 0 Å². The molecule has 0 heterocycles. The van der Waals surface area contributed by atoms with Crippen LogP contribution in [0.4, 0.5) is 0 Å². The molecule has 4 atom stereocenters. The van der Waals surface area contributed by atoms with Crippen molar-refractivity contribution in [3.63, 3.8) is 0 Å². The lowest BCUT2D eigenvalue weighted by atomic mass is 9.60. The third kappa shape index (κ3) is 3.97. The third-order valence-corrected chi connectivity index (χ3v) is 6.66. The van der Waals surface area contributed by atoms with E-state index in [1.165, 1.54) is 0 Å². The molecule has 1 saturated carbocycles. The molecule has 4 rings (SSSR count). The molecule has 1 aliphatic carbocycles. The van der Waals surface area contributed by atoms with Crippen molar-refractivity contribution < 1.29 is 9.59 Å². The number of benzene rings is 3. The summed E-state index contributed by atoms with van der Waals surface area (Å²) in [4.78, 5) is 26.8. The van der Waals surface area contributed by atoms with Crippen LogP contribution in [0.15, 0.2) is 89.4 Å². The van der Waals surface area contributed by atoms with E-state index in [0.717, 1.165) is 15.6 Å². The molecule has 1 aliphatic rings. The van der Waals surface area contributed by atoms with Gasteiger partial charge in [-0.15, -0.1) is 0 Å². The molecule has 146 valence electrons. The van der Waals surface area contributed by atoms with Gasteiger partial charge in [-0.3, -0.25) is 9.59 Å². The summed E-state index contributed by atoms with van der Waals surface area (Å²) in [5.74, 6) is -0.415. The Balaban J connectivity index is 1.85. The molecule has 0 aromatic heterocycles. The lowest BCUT2D eigenvalue weighted by molar-refractivity contribution is -0.126. The summed E-state index contributed by atoms with van der Waals surface area (Å²) in [6.07, 6.45) is 0.404. The molecule has 1 fully saturated rings. The number of halogens is 1. The molecule has 0 N–H and O–H groups in total. The summed E-state index contributed by atoms with van der Waals surface area (Å²) >= 11 is 3.49. The first-order valence-corrected chi connectivity index (χ1v) is 10.8. The monoisotopic (exact) mass is 446 g/mol. The van der Waals surface area contributed by atoms with Gasteiger partial charge in [-0.1, -0.05) is 95.7 Å². The van der Waals surface area contributed by atoms with E-state index in [2.05, 4.69) is 15.9 Å². The fourth-order valence-corrected chi connectivity index (χ4v) is 4.90. The van der Waals surface area contributed by atoms with Crippen molar-refractivity contribution in [2.45, 2.75) is 25.2 Å². The molecular weight excluding hydrogens is 424 g/mol. The van der Waals surface area contributed by atoms with Crippen molar-refractivity contribution in [2.75, 3.05) is 0 Å². The van der Waals surface area contributed by atoms with E-state index in [1.807, 2.05) is 91.9 Å². The Morgan fingerprint density at radius 2 is 1.41 bits per heavy atom. The highest BCUT2D eigenvalue weighted by Gasteiger charge is 2.46. The van der Waals surface area contributed by atoms with Crippen LogP contribution in [0.1, 0.15) is 46.7 Å². The van der Waals surface area contributed by atoms with Gasteiger partial charge in [0, 0.05) is 40.1 Å². The predicted molar refractivity (Wildman–Crippen MR) is 119 cm³/mol. The highest BCUT2D eigenvalue weighted by atomic mass is 79.9. The molecule has 0 bridgehead atoms. The van der Waals surface area contributed by atoms with Gasteiger partial charge in [-0.25, -0.2) is 0 Å². The molecule has 0 spiro atoms. The zero-order valence-electron chi connectivity index (χ0n) is 16.3. The summed E-state index contributed by atoms with van der Waals surface area (Å²) < 4.78 is 0.988. The van der Waals surface area contributed by atoms with E-state index in [9.17, 15) is 9.59 Å². The molecule has 3 aromatic rings. The van der Waals surface area contributed by atoms with E-state index in [4.69, 9.17) is 0 Å². The first-order chi connectivity index (χ1) is 14.1. The van der Waals surface area contributed by atoms with Crippen molar-refractivity contribution in [3.8, 4) is 0 Å². The minimum atomic E-state index is -0.284. The number of Topliss-reactive ketones (excluding diaryl/α,β-unsaturated/α-hetero) is 2. The fourth-order valence-electron chi connectivity index (χ4n) is 4.64. The number of carbonyl (C=O) groups is 2. The van der Waals surface area contributed by atoms with E-state index in [0.29, 0.717) is 12.0 Å². The zero-order chi connectivity index (χ0) is 20.4. The lowest BCUT2D eigenvalue weighted by Crippen LogP contribution is -2.41. The molecule has 29 heavy (non-hydrogen) atoms.